The van der Waals surface area contributed by atoms with Crippen molar-refractivity contribution < 1.29 is 42.9 Å². The van der Waals surface area contributed by atoms with E-state index in [1.54, 1.807) is 0 Å². The van der Waals surface area contributed by atoms with Crippen LogP contribution in [-0.2, 0) is 45.8 Å². The Kier molecular flexibility index (Phi) is 10.7. The molecule has 0 radical (unpaired) electrons. The topological polar surface area (TPSA) is 144 Å². The highest BCUT2D eigenvalue weighted by Gasteiger charge is 2.97. The van der Waals surface area contributed by atoms with Gasteiger partial charge in [-0.15, -0.1) is 0 Å². The highest BCUT2D eigenvalue weighted by atomic mass is 16.6. The molecule has 5 saturated heterocycles. The molecule has 7 unspecified atom stereocenters. The number of carbonyl (C=O) groups is 4. The number of piperazine rings is 4. The van der Waals surface area contributed by atoms with Crippen molar-refractivity contribution in [3.63, 3.8) is 0 Å². The molecule has 0 bridgehead atoms. The van der Waals surface area contributed by atoms with Crippen molar-refractivity contribution in [2.75, 3.05) is 105 Å². The molecule has 5 aliphatic heterocycles. The van der Waals surface area contributed by atoms with Crippen LogP contribution < -0.4 is 0 Å². The number of allylic oxidation sites excluding steroid dienone is 4. The molecule has 492 valence electrons. The smallest absolute Gasteiger partial charge is 0.410 e. The van der Waals surface area contributed by atoms with Crippen LogP contribution in [0.25, 0.3) is 11.1 Å². The standard InChI is InChI=1S/C77H90N8O9/c1-41-17-18-43-45-19-20-46-47-22-24-49-48-23-21-44-42-15-14-16-50-52(42)74(84-37-29-80(30-38-84)66(88)92-70(8,9)10)56(44)58(48)76-59(49)57(47)75(85-39-31-81(32-40-85)67(89)93-71(11,12)13)55(46)54(45)73(83-35-27-79(28-36-83)65(87)91-69(5,6)7)53(43)51(41)72(50,60-61(73)63(75)77(76,94-76)62(60)74)82-33-25-78(26-34-82)64(86)90-68(2,3)4/h14-22,41,43,48-49,51,53H,23-40H2,1-13H3/t41?,43?,48?,49?,51?,53?,72-,73-,74+,75-,76+,77?/m0/s1. The first-order valence-electron chi connectivity index (χ1n) is 35.7. The number of carbonyl (C=O) groups excluding carboxylic acids is 4. The molecule has 17 nitrogen and oxygen atoms in total. The van der Waals surface area contributed by atoms with E-state index in [4.69, 9.17) is 23.7 Å². The molecule has 18 aliphatic rings. The van der Waals surface area contributed by atoms with Gasteiger partial charge in [0.25, 0.3) is 0 Å². The molecule has 4 amide bonds. The molecule has 0 aromatic heterocycles. The van der Waals surface area contributed by atoms with Gasteiger partial charge in [-0.25, -0.2) is 19.2 Å². The van der Waals surface area contributed by atoms with Crippen LogP contribution in [0.3, 0.4) is 0 Å². The van der Waals surface area contributed by atoms with Crippen molar-refractivity contribution >= 4 is 35.5 Å². The molecule has 12 atom stereocenters. The highest BCUT2D eigenvalue weighted by Crippen LogP contribution is 2.95. The predicted octanol–water partition coefficient (Wildman–Crippen LogP) is 10.5. The van der Waals surface area contributed by atoms with E-state index in [2.05, 4.69) is 81.2 Å². The van der Waals surface area contributed by atoms with Crippen molar-refractivity contribution in [2.45, 2.75) is 165 Å². The Morgan fingerprint density at radius 1 is 0.447 bits per heavy atom. The summed E-state index contributed by atoms with van der Waals surface area (Å²) < 4.78 is 33.8. The lowest BCUT2D eigenvalue weighted by atomic mass is 9.43. The second-order valence-electron chi connectivity index (χ2n) is 34.7. The van der Waals surface area contributed by atoms with Crippen molar-refractivity contribution in [2.24, 2.45) is 29.6 Å². The minimum absolute atomic E-state index is 0.00582. The van der Waals surface area contributed by atoms with Gasteiger partial charge >= 0.3 is 24.4 Å². The summed E-state index contributed by atoms with van der Waals surface area (Å²) in [4.78, 5) is 77.3. The van der Waals surface area contributed by atoms with Crippen molar-refractivity contribution in [3.8, 4) is 0 Å². The van der Waals surface area contributed by atoms with Gasteiger partial charge in [0, 0.05) is 128 Å². The van der Waals surface area contributed by atoms with E-state index >= 15 is 0 Å². The fourth-order valence-electron chi connectivity index (χ4n) is 24.0. The van der Waals surface area contributed by atoms with E-state index in [1.165, 1.54) is 94.7 Å². The van der Waals surface area contributed by atoms with Crippen molar-refractivity contribution in [1.82, 2.24) is 39.2 Å². The van der Waals surface area contributed by atoms with E-state index < -0.39 is 55.8 Å². The van der Waals surface area contributed by atoms with Crippen LogP contribution in [0.2, 0.25) is 0 Å². The van der Waals surface area contributed by atoms with Gasteiger partial charge in [-0.05, 0) is 203 Å². The molecule has 13 aliphatic carbocycles. The first kappa shape index (κ1) is 57.7. The van der Waals surface area contributed by atoms with Gasteiger partial charge in [-0.2, -0.15) is 0 Å². The lowest BCUT2D eigenvalue weighted by molar-refractivity contribution is -0.0974. The first-order valence-corrected chi connectivity index (χ1v) is 35.7. The molecule has 0 N–H and O–H groups in total. The van der Waals surface area contributed by atoms with Gasteiger partial charge in [0.1, 0.15) is 22.4 Å². The summed E-state index contributed by atoms with van der Waals surface area (Å²) >= 11 is 0. The molecule has 2 aromatic rings. The largest absolute Gasteiger partial charge is 0.444 e. The van der Waals surface area contributed by atoms with Crippen LogP contribution in [0.15, 0.2) is 99.2 Å². The SMILES string of the molecule is CC1C=CC2c3ccc4c5c3[C@]3(N6CCN(C(=O)OC(C)(C)C)CC6)C6=C7C89O[C@@]8%10C8=C%11C(=CCC8C8CC=C4C(=C8%10)[C@]75N4CCN(C(=O)OC(C)(C)C)CC4)c4cccc5c4[C@]%11(N4CCN(C(=O)OC(C)(C)C)CC4)C9=C6[C@@]5(N4CCN(C(=O)OC(C)(C)C)CC4)C1C23. The number of epoxide rings is 1. The lowest BCUT2D eigenvalue weighted by Gasteiger charge is -2.69. The maximum Gasteiger partial charge on any atom is 0.410 e. The number of hydrogen-bond acceptors (Lipinski definition) is 13. The monoisotopic (exact) mass is 1270 g/mol. The third-order valence-corrected chi connectivity index (χ3v) is 26.0. The van der Waals surface area contributed by atoms with Gasteiger partial charge < -0.3 is 43.3 Å². The maximum atomic E-state index is 14.5. The van der Waals surface area contributed by atoms with E-state index in [9.17, 15) is 19.2 Å². The Morgan fingerprint density at radius 2 is 0.862 bits per heavy atom. The van der Waals surface area contributed by atoms with Crippen LogP contribution in [-0.4, -0.2) is 202 Å². The highest BCUT2D eigenvalue weighted by molar-refractivity contribution is 6.08. The van der Waals surface area contributed by atoms with Gasteiger partial charge in [0.05, 0.1) is 22.2 Å². The minimum Gasteiger partial charge on any atom is -0.444 e. The second kappa shape index (κ2) is 17.4. The molecule has 5 heterocycles. The summed E-state index contributed by atoms with van der Waals surface area (Å²) in [5, 5.41) is 0. The quantitative estimate of drug-likeness (QED) is 0.163. The zero-order valence-electron chi connectivity index (χ0n) is 57.1. The van der Waals surface area contributed by atoms with Crippen LogP contribution >= 0.6 is 0 Å². The molecule has 2 spiro atoms. The normalized spacial score (nSPS) is 37.8. The number of benzene rings is 2. The van der Waals surface area contributed by atoms with Crippen LogP contribution in [0.4, 0.5) is 19.2 Å². The molecule has 20 rings (SSSR count). The molecular formula is C77H90N8O9. The molecular weight excluding hydrogens is 1180 g/mol. The number of nitrogens with zero attached hydrogens (tertiary/aromatic N) is 8. The van der Waals surface area contributed by atoms with E-state index in [0.717, 1.165) is 12.8 Å². The lowest BCUT2D eigenvalue weighted by Crippen LogP contribution is -2.73. The molecule has 17 heteroatoms. The third-order valence-electron chi connectivity index (χ3n) is 26.0. The second-order valence-corrected chi connectivity index (χ2v) is 34.7. The Balaban J connectivity index is 0.916. The summed E-state index contributed by atoms with van der Waals surface area (Å²) in [6, 6.07) is 12.6. The summed E-state index contributed by atoms with van der Waals surface area (Å²) in [6.07, 6.45) is 11.4. The average Bonchev–Trinajstić information content (AvgIpc) is 1.38. The minimum atomic E-state index is -0.917. The van der Waals surface area contributed by atoms with E-state index in [-0.39, 0.29) is 59.9 Å². The van der Waals surface area contributed by atoms with Crippen LogP contribution in [0.5, 0.6) is 0 Å². The maximum absolute atomic E-state index is 14.5. The number of hydrogen-bond donors (Lipinski definition) is 0. The number of fused-ring (bicyclic) bond motifs is 6. The first-order chi connectivity index (χ1) is 44.6. The summed E-state index contributed by atoms with van der Waals surface area (Å²) in [5.41, 5.74) is 17.1. The Bertz CT molecular complexity index is 4200. The van der Waals surface area contributed by atoms with Gasteiger partial charge in [-0.3, -0.25) is 19.6 Å². The van der Waals surface area contributed by atoms with Crippen molar-refractivity contribution in [1.29, 1.82) is 0 Å². The summed E-state index contributed by atoms with van der Waals surface area (Å²) in [7, 11) is 0. The number of amides is 4. The van der Waals surface area contributed by atoms with Gasteiger partial charge in [0.2, 0.25) is 0 Å². The van der Waals surface area contributed by atoms with Crippen LogP contribution in [0, 0.1) is 29.6 Å². The Morgan fingerprint density at radius 3 is 1.32 bits per heavy atom. The Hall–Kier alpha value is -6.50. The number of ether oxygens (including phenoxy) is 5. The third kappa shape index (κ3) is 6.25. The molecule has 2 aromatic carbocycles. The van der Waals surface area contributed by atoms with Gasteiger partial charge in [-0.1, -0.05) is 61.6 Å². The summed E-state index contributed by atoms with van der Waals surface area (Å²) in [6.45, 7) is 35.3. The fraction of sp³-hybridized carbons (Fsp3) is 0.610. The van der Waals surface area contributed by atoms with Crippen LogP contribution in [0.1, 0.15) is 148 Å². The summed E-state index contributed by atoms with van der Waals surface area (Å²) in [5.74, 6) is 0.575. The molecule has 2 saturated carbocycles. The fourth-order valence-corrected chi connectivity index (χ4v) is 24.0. The molecule has 7 fully saturated rings. The molecule has 94 heavy (non-hydrogen) atoms. The zero-order chi connectivity index (χ0) is 64.8. The predicted molar refractivity (Wildman–Crippen MR) is 352 cm³/mol. The van der Waals surface area contributed by atoms with E-state index in [1.807, 2.05) is 103 Å². The van der Waals surface area contributed by atoms with Gasteiger partial charge in [0.15, 0.2) is 11.2 Å². The Labute approximate surface area is 552 Å². The van der Waals surface area contributed by atoms with E-state index in [0.29, 0.717) is 105 Å². The average molecular weight is 1270 g/mol. The number of rotatable bonds is 4. The van der Waals surface area contributed by atoms with Crippen molar-refractivity contribution in [3.05, 3.63) is 138 Å². The zero-order valence-corrected chi connectivity index (χ0v) is 57.1.